The van der Waals surface area contributed by atoms with E-state index in [4.69, 9.17) is 9.05 Å². The van der Waals surface area contributed by atoms with Crippen LogP contribution in [0, 0.1) is 0 Å². The number of hydrogen-bond donors (Lipinski definition) is 1. The predicted octanol–water partition coefficient (Wildman–Crippen LogP) is 8.47. The van der Waals surface area contributed by atoms with E-state index in [1.165, 1.54) is 22.3 Å². The summed E-state index contributed by atoms with van der Waals surface area (Å²) in [5, 5.41) is 3.46. The highest BCUT2D eigenvalue weighted by molar-refractivity contribution is 7.45. The van der Waals surface area contributed by atoms with Gasteiger partial charge < -0.3 is 9.05 Å². The Hall–Kier alpha value is -1.57. The summed E-state index contributed by atoms with van der Waals surface area (Å²) in [6, 6.07) is 13.0. The summed E-state index contributed by atoms with van der Waals surface area (Å²) >= 11 is 0. The van der Waals surface area contributed by atoms with Crippen LogP contribution in [-0.4, -0.2) is 6.54 Å². The molecule has 0 radical (unpaired) electrons. The molecule has 0 heterocycles. The summed E-state index contributed by atoms with van der Waals surface area (Å²) in [4.78, 5) is 0. The molecular weight excluding hydrogens is 389 g/mol. The zero-order valence-electron chi connectivity index (χ0n) is 20.2. The third-order valence-corrected chi connectivity index (χ3v) is 6.55. The molecule has 0 aliphatic rings. The van der Waals surface area contributed by atoms with Gasteiger partial charge in [-0.25, -0.2) is 5.09 Å². The minimum absolute atomic E-state index is 0.381. The SMILES string of the molecule is CCNP(Oc1c(C(C)C)cccc1C(C)C)Oc1c(C(C)C)cccc1C(C)C. The van der Waals surface area contributed by atoms with Crippen molar-refractivity contribution in [2.75, 3.05) is 6.54 Å². The van der Waals surface area contributed by atoms with Crippen LogP contribution in [0.5, 0.6) is 11.5 Å². The highest BCUT2D eigenvalue weighted by Gasteiger charge is 2.24. The normalized spacial score (nSPS) is 11.9. The zero-order valence-corrected chi connectivity index (χ0v) is 21.1. The summed E-state index contributed by atoms with van der Waals surface area (Å²) in [5.74, 6) is 3.47. The molecule has 0 unspecified atom stereocenters. The molecule has 0 saturated carbocycles. The number of nitrogens with one attached hydrogen (secondary N) is 1. The van der Waals surface area contributed by atoms with E-state index >= 15 is 0 Å². The molecule has 0 amide bonds. The van der Waals surface area contributed by atoms with Gasteiger partial charge in [0.1, 0.15) is 11.5 Å². The van der Waals surface area contributed by atoms with Crippen LogP contribution in [0.2, 0.25) is 0 Å². The quantitative estimate of drug-likeness (QED) is 0.384. The van der Waals surface area contributed by atoms with Gasteiger partial charge in [-0.05, 0) is 45.9 Å². The molecule has 0 atom stereocenters. The lowest BCUT2D eigenvalue weighted by Crippen LogP contribution is -2.16. The molecule has 3 nitrogen and oxygen atoms in total. The number of benzene rings is 2. The highest BCUT2D eigenvalue weighted by atomic mass is 31.2. The molecule has 0 saturated heterocycles. The number of rotatable bonds is 10. The molecule has 1 N–H and O–H groups in total. The Labute approximate surface area is 185 Å². The van der Waals surface area contributed by atoms with Crippen LogP contribution < -0.4 is 14.1 Å². The topological polar surface area (TPSA) is 30.5 Å². The average Bonchev–Trinajstić information content (AvgIpc) is 2.67. The molecule has 2 aromatic rings. The van der Waals surface area contributed by atoms with Crippen molar-refractivity contribution in [3.05, 3.63) is 58.7 Å². The minimum Gasteiger partial charge on any atom is -0.427 e. The molecular formula is C26H40NO2P. The summed E-state index contributed by atoms with van der Waals surface area (Å²) < 4.78 is 13.3. The standard InChI is InChI=1S/C26H40NO2P/c1-10-27-30(28-25-21(17(2)3)13-11-14-22(25)18(4)5)29-26-23(19(6)7)15-12-16-24(26)20(8)9/h11-20,27H,10H2,1-9H3. The maximum atomic E-state index is 6.64. The number of hydrogen-bond acceptors (Lipinski definition) is 3. The first-order valence-electron chi connectivity index (χ1n) is 11.3. The first-order chi connectivity index (χ1) is 14.2. The van der Waals surface area contributed by atoms with Crippen LogP contribution in [0.25, 0.3) is 0 Å². The van der Waals surface area contributed by atoms with Crippen molar-refractivity contribution < 1.29 is 9.05 Å². The minimum atomic E-state index is -1.33. The lowest BCUT2D eigenvalue weighted by molar-refractivity contribution is 0.456. The summed E-state index contributed by atoms with van der Waals surface area (Å²) in [6.07, 6.45) is 0. The van der Waals surface area contributed by atoms with Crippen molar-refractivity contribution in [1.82, 2.24) is 5.09 Å². The Kier molecular flexibility index (Phi) is 9.19. The van der Waals surface area contributed by atoms with Gasteiger partial charge in [0.05, 0.1) is 0 Å². The molecule has 2 aromatic carbocycles. The fraction of sp³-hybridized carbons (Fsp3) is 0.538. The van der Waals surface area contributed by atoms with Crippen LogP contribution in [0.4, 0.5) is 0 Å². The van der Waals surface area contributed by atoms with Crippen molar-refractivity contribution in [3.63, 3.8) is 0 Å². The lowest BCUT2D eigenvalue weighted by Gasteiger charge is -2.27. The molecule has 0 bridgehead atoms. The molecule has 0 aliphatic carbocycles. The van der Waals surface area contributed by atoms with Crippen LogP contribution in [0.15, 0.2) is 36.4 Å². The fourth-order valence-electron chi connectivity index (χ4n) is 3.55. The molecule has 30 heavy (non-hydrogen) atoms. The van der Waals surface area contributed by atoms with Gasteiger partial charge >= 0.3 is 8.53 Å². The highest BCUT2D eigenvalue weighted by Crippen LogP contribution is 2.46. The Morgan fingerprint density at radius 1 is 0.633 bits per heavy atom. The third-order valence-electron chi connectivity index (χ3n) is 5.28. The van der Waals surface area contributed by atoms with E-state index < -0.39 is 8.53 Å². The van der Waals surface area contributed by atoms with E-state index in [9.17, 15) is 0 Å². The van der Waals surface area contributed by atoms with Gasteiger partial charge in [0.25, 0.3) is 0 Å². The molecule has 0 spiro atoms. The smallest absolute Gasteiger partial charge is 0.381 e. The Morgan fingerprint density at radius 3 is 1.17 bits per heavy atom. The summed E-state index contributed by atoms with van der Waals surface area (Å²) in [6.45, 7) is 20.6. The van der Waals surface area contributed by atoms with Gasteiger partial charge in [0.15, 0.2) is 0 Å². The Balaban J connectivity index is 2.50. The van der Waals surface area contributed by atoms with E-state index in [1.54, 1.807) is 0 Å². The van der Waals surface area contributed by atoms with Gasteiger partial charge in [-0.2, -0.15) is 0 Å². The van der Waals surface area contributed by atoms with Gasteiger partial charge in [-0.15, -0.1) is 0 Å². The predicted molar refractivity (Wildman–Crippen MR) is 131 cm³/mol. The van der Waals surface area contributed by atoms with Crippen LogP contribution in [0.3, 0.4) is 0 Å². The van der Waals surface area contributed by atoms with Crippen LogP contribution >= 0.6 is 8.53 Å². The Bertz CT molecular complexity index is 697. The first-order valence-corrected chi connectivity index (χ1v) is 12.5. The van der Waals surface area contributed by atoms with E-state index in [2.05, 4.69) is 104 Å². The molecule has 2 rings (SSSR count). The number of para-hydroxylation sites is 2. The van der Waals surface area contributed by atoms with E-state index in [-0.39, 0.29) is 0 Å². The summed E-state index contributed by atoms with van der Waals surface area (Å²) in [7, 11) is -1.33. The molecule has 4 heteroatoms. The first kappa shape index (κ1) is 24.7. The van der Waals surface area contributed by atoms with Gasteiger partial charge in [0, 0.05) is 6.54 Å². The van der Waals surface area contributed by atoms with Gasteiger partial charge in [0.2, 0.25) is 0 Å². The maximum absolute atomic E-state index is 6.64. The van der Waals surface area contributed by atoms with E-state index in [0.717, 1.165) is 18.0 Å². The van der Waals surface area contributed by atoms with Crippen LogP contribution in [-0.2, 0) is 0 Å². The van der Waals surface area contributed by atoms with Gasteiger partial charge in [-0.1, -0.05) is 98.7 Å². The second-order valence-electron chi connectivity index (χ2n) is 9.10. The van der Waals surface area contributed by atoms with Crippen molar-refractivity contribution in [3.8, 4) is 11.5 Å². The van der Waals surface area contributed by atoms with E-state index in [0.29, 0.717) is 23.7 Å². The second-order valence-corrected chi connectivity index (χ2v) is 10.3. The summed E-state index contributed by atoms with van der Waals surface area (Å²) in [5.41, 5.74) is 4.93. The molecule has 166 valence electrons. The fourth-order valence-corrected chi connectivity index (χ4v) is 4.73. The van der Waals surface area contributed by atoms with Crippen molar-refractivity contribution in [2.45, 2.75) is 86.0 Å². The third kappa shape index (κ3) is 5.99. The zero-order chi connectivity index (χ0) is 22.4. The largest absolute Gasteiger partial charge is 0.427 e. The van der Waals surface area contributed by atoms with Crippen LogP contribution in [0.1, 0.15) is 108 Å². The van der Waals surface area contributed by atoms with Crippen molar-refractivity contribution in [2.24, 2.45) is 0 Å². The average molecular weight is 430 g/mol. The monoisotopic (exact) mass is 429 g/mol. The van der Waals surface area contributed by atoms with E-state index in [1.807, 2.05) is 0 Å². The maximum Gasteiger partial charge on any atom is 0.381 e. The lowest BCUT2D eigenvalue weighted by atomic mass is 9.94. The van der Waals surface area contributed by atoms with Crippen molar-refractivity contribution in [1.29, 1.82) is 0 Å². The Morgan fingerprint density at radius 2 is 0.933 bits per heavy atom. The van der Waals surface area contributed by atoms with Gasteiger partial charge in [-0.3, -0.25) is 0 Å². The second kappa shape index (κ2) is 11.2. The molecule has 0 aromatic heterocycles. The van der Waals surface area contributed by atoms with Crippen molar-refractivity contribution >= 4 is 8.53 Å². The molecule has 0 fully saturated rings. The molecule has 0 aliphatic heterocycles.